The van der Waals surface area contributed by atoms with E-state index in [1.165, 1.54) is 0 Å². The van der Waals surface area contributed by atoms with Gasteiger partial charge in [-0.25, -0.2) is 4.79 Å². The third-order valence-corrected chi connectivity index (χ3v) is 5.83. The number of hydrogen-bond donors (Lipinski definition) is 1. The number of piperazine rings is 1. The van der Waals surface area contributed by atoms with Gasteiger partial charge in [-0.05, 0) is 37.8 Å². The molecule has 0 radical (unpaired) electrons. The normalized spacial score (nSPS) is 25.5. The zero-order valence-electron chi connectivity index (χ0n) is 16.0. The Morgan fingerprint density at radius 3 is 2.54 bits per heavy atom. The van der Waals surface area contributed by atoms with Crippen LogP contribution in [0.25, 0.3) is 0 Å². The number of carbonyl (C=O) groups excluding carboxylic acids is 3. The van der Waals surface area contributed by atoms with Gasteiger partial charge in [0.25, 0.3) is 5.91 Å². The van der Waals surface area contributed by atoms with Crippen LogP contribution in [0.5, 0.6) is 0 Å². The Morgan fingerprint density at radius 2 is 1.93 bits per heavy atom. The summed E-state index contributed by atoms with van der Waals surface area (Å²) in [5.41, 5.74) is 0.176. The van der Waals surface area contributed by atoms with Crippen molar-refractivity contribution in [3.8, 4) is 0 Å². The Morgan fingerprint density at radius 1 is 1.21 bits per heavy atom. The fraction of sp³-hybridized carbons (Fsp3) is 0.579. The topological polar surface area (TPSA) is 85.8 Å². The van der Waals surface area contributed by atoms with Gasteiger partial charge in [-0.15, -0.1) is 12.4 Å². The lowest BCUT2D eigenvalue weighted by Gasteiger charge is -2.35. The summed E-state index contributed by atoms with van der Waals surface area (Å²) in [4.78, 5) is 46.9. The van der Waals surface area contributed by atoms with Crippen LogP contribution in [0.4, 0.5) is 4.79 Å². The van der Waals surface area contributed by atoms with Crippen LogP contribution in [0.2, 0.25) is 0 Å². The fourth-order valence-electron chi connectivity index (χ4n) is 3.91. The predicted molar refractivity (Wildman–Crippen MR) is 105 cm³/mol. The Hall–Kier alpha value is -2.19. The number of pyridine rings is 1. The molecule has 0 bridgehead atoms. The number of aromatic nitrogens is 1. The number of carbonyl (C=O) groups is 3. The second kappa shape index (κ2) is 8.05. The molecule has 1 saturated carbocycles. The molecule has 3 heterocycles. The molecule has 3 fully saturated rings. The molecule has 1 atom stereocenters. The van der Waals surface area contributed by atoms with Crippen molar-refractivity contribution in [3.05, 3.63) is 30.1 Å². The van der Waals surface area contributed by atoms with Crippen molar-refractivity contribution in [2.24, 2.45) is 5.92 Å². The number of urea groups is 1. The van der Waals surface area contributed by atoms with Crippen molar-refractivity contribution in [3.63, 3.8) is 0 Å². The number of nitrogens with zero attached hydrogens (tertiary/aromatic N) is 4. The number of amides is 4. The van der Waals surface area contributed by atoms with E-state index in [2.05, 4.69) is 15.2 Å². The minimum Gasteiger partial charge on any atom is -0.339 e. The highest BCUT2D eigenvalue weighted by molar-refractivity contribution is 6.09. The Labute approximate surface area is 170 Å². The maximum absolute atomic E-state index is 12.6. The summed E-state index contributed by atoms with van der Waals surface area (Å²) in [5, 5.41) is 2.79. The average Bonchev–Trinajstić information content (AvgIpc) is 3.49. The monoisotopic (exact) mass is 407 g/mol. The predicted octanol–water partition coefficient (Wildman–Crippen LogP) is 0.868. The lowest BCUT2D eigenvalue weighted by Crippen LogP contribution is -2.52. The zero-order chi connectivity index (χ0) is 19.0. The summed E-state index contributed by atoms with van der Waals surface area (Å²) in [5.74, 6) is -0.239. The Kier molecular flexibility index (Phi) is 5.90. The van der Waals surface area contributed by atoms with Gasteiger partial charge in [0.2, 0.25) is 5.91 Å². The van der Waals surface area contributed by atoms with Gasteiger partial charge in [0.15, 0.2) is 0 Å². The molecular formula is C19H26ClN5O3. The summed E-state index contributed by atoms with van der Waals surface area (Å²) in [7, 11) is 0. The standard InChI is InChI=1S/C19H25N5O3.ClH/c1-19(14-5-6-14)17(26)24(18(27)21-19)13-16(25)23-10-8-22(9-11-23)12-15-4-2-3-7-20-15;/h2-4,7,14H,5-6,8-13H2,1H3,(H,21,27);1H. The lowest BCUT2D eigenvalue weighted by atomic mass is 9.96. The van der Waals surface area contributed by atoms with E-state index in [0.29, 0.717) is 13.1 Å². The molecule has 1 aliphatic carbocycles. The lowest BCUT2D eigenvalue weighted by molar-refractivity contribution is -0.140. The molecule has 4 rings (SSSR count). The van der Waals surface area contributed by atoms with Gasteiger partial charge in [-0.1, -0.05) is 6.07 Å². The first-order chi connectivity index (χ1) is 13.0. The molecule has 1 aromatic rings. The van der Waals surface area contributed by atoms with Crippen LogP contribution in [0.3, 0.4) is 0 Å². The molecule has 28 heavy (non-hydrogen) atoms. The third-order valence-electron chi connectivity index (χ3n) is 5.83. The first-order valence-electron chi connectivity index (χ1n) is 9.51. The van der Waals surface area contributed by atoms with Crippen LogP contribution in [-0.2, 0) is 16.1 Å². The minimum atomic E-state index is -0.835. The zero-order valence-corrected chi connectivity index (χ0v) is 16.8. The maximum Gasteiger partial charge on any atom is 0.325 e. The molecule has 1 N–H and O–H groups in total. The van der Waals surface area contributed by atoms with Gasteiger partial charge in [0.05, 0.1) is 5.69 Å². The van der Waals surface area contributed by atoms with Crippen molar-refractivity contribution in [2.75, 3.05) is 32.7 Å². The number of halogens is 1. The van der Waals surface area contributed by atoms with Gasteiger partial charge in [0.1, 0.15) is 12.1 Å². The van der Waals surface area contributed by atoms with Crippen LogP contribution in [0, 0.1) is 5.92 Å². The highest BCUT2D eigenvalue weighted by Gasteiger charge is 2.56. The SMILES string of the molecule is CC1(C2CC2)NC(=O)N(CC(=O)N2CCN(Cc3ccccn3)CC2)C1=O.Cl. The quantitative estimate of drug-likeness (QED) is 0.732. The molecular weight excluding hydrogens is 382 g/mol. The summed E-state index contributed by atoms with van der Waals surface area (Å²) in [6, 6.07) is 5.41. The average molecular weight is 408 g/mol. The molecule has 8 nitrogen and oxygen atoms in total. The maximum atomic E-state index is 12.6. The summed E-state index contributed by atoms with van der Waals surface area (Å²) in [6.07, 6.45) is 3.67. The van der Waals surface area contributed by atoms with E-state index in [1.807, 2.05) is 18.2 Å². The highest BCUT2D eigenvalue weighted by atomic mass is 35.5. The second-order valence-electron chi connectivity index (χ2n) is 7.78. The molecule has 2 aliphatic heterocycles. The molecule has 152 valence electrons. The van der Waals surface area contributed by atoms with Crippen LogP contribution in [0.1, 0.15) is 25.5 Å². The van der Waals surface area contributed by atoms with Crippen molar-refractivity contribution >= 4 is 30.3 Å². The highest BCUT2D eigenvalue weighted by Crippen LogP contribution is 2.42. The van der Waals surface area contributed by atoms with Crippen LogP contribution in [-0.4, -0.2) is 75.8 Å². The van der Waals surface area contributed by atoms with Crippen LogP contribution in [0.15, 0.2) is 24.4 Å². The van der Waals surface area contributed by atoms with Crippen molar-refractivity contribution < 1.29 is 14.4 Å². The van der Waals surface area contributed by atoms with Crippen molar-refractivity contribution in [2.45, 2.75) is 31.8 Å². The third kappa shape index (κ3) is 3.98. The smallest absolute Gasteiger partial charge is 0.325 e. The largest absolute Gasteiger partial charge is 0.339 e. The van der Waals surface area contributed by atoms with E-state index in [0.717, 1.165) is 43.1 Å². The first-order valence-corrected chi connectivity index (χ1v) is 9.51. The van der Waals surface area contributed by atoms with Crippen LogP contribution >= 0.6 is 12.4 Å². The summed E-state index contributed by atoms with van der Waals surface area (Å²) < 4.78 is 0. The van der Waals surface area contributed by atoms with Gasteiger partial charge in [-0.3, -0.25) is 24.4 Å². The Balaban J connectivity index is 0.00000225. The molecule has 3 aliphatic rings. The van der Waals surface area contributed by atoms with Gasteiger partial charge in [-0.2, -0.15) is 0 Å². The molecule has 4 amide bonds. The van der Waals surface area contributed by atoms with E-state index in [1.54, 1.807) is 18.0 Å². The van der Waals surface area contributed by atoms with E-state index >= 15 is 0 Å². The second-order valence-corrected chi connectivity index (χ2v) is 7.78. The molecule has 0 aromatic carbocycles. The van der Waals surface area contributed by atoms with Crippen LogP contribution < -0.4 is 5.32 Å². The molecule has 1 unspecified atom stereocenters. The fourth-order valence-corrected chi connectivity index (χ4v) is 3.91. The van der Waals surface area contributed by atoms with Crippen molar-refractivity contribution in [1.82, 2.24) is 25.0 Å². The number of hydrogen-bond acceptors (Lipinski definition) is 5. The van der Waals surface area contributed by atoms with Gasteiger partial charge < -0.3 is 10.2 Å². The van der Waals surface area contributed by atoms with E-state index in [-0.39, 0.29) is 36.7 Å². The van der Waals surface area contributed by atoms with E-state index < -0.39 is 11.6 Å². The summed E-state index contributed by atoms with van der Waals surface area (Å²) >= 11 is 0. The molecule has 1 aromatic heterocycles. The van der Waals surface area contributed by atoms with E-state index in [9.17, 15) is 14.4 Å². The number of imide groups is 1. The van der Waals surface area contributed by atoms with Gasteiger partial charge >= 0.3 is 6.03 Å². The molecule has 2 saturated heterocycles. The van der Waals surface area contributed by atoms with Gasteiger partial charge in [0, 0.05) is 38.9 Å². The molecule has 0 spiro atoms. The summed E-state index contributed by atoms with van der Waals surface area (Å²) in [6.45, 7) is 5.05. The minimum absolute atomic E-state index is 0. The van der Waals surface area contributed by atoms with Crippen molar-refractivity contribution in [1.29, 1.82) is 0 Å². The number of nitrogens with one attached hydrogen (secondary N) is 1. The van der Waals surface area contributed by atoms with E-state index in [4.69, 9.17) is 0 Å². The number of rotatable bonds is 5. The first kappa shape index (κ1) is 20.5. The Bertz CT molecular complexity index is 749. The molecule has 9 heteroatoms.